The SMILES string of the molecule is N#CCn1cc2cc3ccccc3nc2c1. The summed E-state index contributed by atoms with van der Waals surface area (Å²) in [6, 6.07) is 12.2. The van der Waals surface area contributed by atoms with Gasteiger partial charge in [0.1, 0.15) is 6.54 Å². The van der Waals surface area contributed by atoms with Gasteiger partial charge < -0.3 is 4.57 Å². The molecule has 0 saturated carbocycles. The van der Waals surface area contributed by atoms with Gasteiger partial charge in [0.05, 0.1) is 17.1 Å². The molecular formula is C13H9N3. The van der Waals surface area contributed by atoms with Crippen LogP contribution in [-0.4, -0.2) is 9.55 Å². The zero-order chi connectivity index (χ0) is 11.0. The second-order valence-electron chi connectivity index (χ2n) is 3.74. The molecule has 0 unspecified atom stereocenters. The molecule has 0 bridgehead atoms. The summed E-state index contributed by atoms with van der Waals surface area (Å²) in [5.74, 6) is 0. The zero-order valence-corrected chi connectivity index (χ0v) is 8.59. The van der Waals surface area contributed by atoms with Gasteiger partial charge in [0.2, 0.25) is 0 Å². The van der Waals surface area contributed by atoms with E-state index >= 15 is 0 Å². The molecule has 3 heteroatoms. The fraction of sp³-hybridized carbons (Fsp3) is 0.0769. The average Bonchev–Trinajstić information content (AvgIpc) is 2.67. The van der Waals surface area contributed by atoms with Crippen LogP contribution in [0.15, 0.2) is 42.7 Å². The molecule has 0 atom stereocenters. The molecule has 0 spiro atoms. The van der Waals surface area contributed by atoms with E-state index in [0.717, 1.165) is 21.8 Å². The Kier molecular flexibility index (Phi) is 1.87. The predicted molar refractivity (Wildman–Crippen MR) is 62.9 cm³/mol. The summed E-state index contributed by atoms with van der Waals surface area (Å²) in [7, 11) is 0. The first-order valence-corrected chi connectivity index (χ1v) is 5.09. The summed E-state index contributed by atoms with van der Waals surface area (Å²) in [5.41, 5.74) is 1.93. The summed E-state index contributed by atoms with van der Waals surface area (Å²) in [5, 5.41) is 10.8. The zero-order valence-electron chi connectivity index (χ0n) is 8.59. The van der Waals surface area contributed by atoms with Crippen LogP contribution in [0.2, 0.25) is 0 Å². The topological polar surface area (TPSA) is 41.6 Å². The average molecular weight is 207 g/mol. The number of nitriles is 1. The van der Waals surface area contributed by atoms with Crippen LogP contribution in [-0.2, 0) is 6.54 Å². The minimum absolute atomic E-state index is 0.368. The number of nitrogens with zero attached hydrogens (tertiary/aromatic N) is 3. The number of para-hydroxylation sites is 1. The highest BCUT2D eigenvalue weighted by atomic mass is 14.9. The van der Waals surface area contributed by atoms with Crippen LogP contribution < -0.4 is 0 Å². The molecule has 0 N–H and O–H groups in total. The lowest BCUT2D eigenvalue weighted by atomic mass is 10.2. The van der Waals surface area contributed by atoms with Gasteiger partial charge in [-0.2, -0.15) is 5.26 Å². The highest BCUT2D eigenvalue weighted by Crippen LogP contribution is 2.19. The Bertz CT molecular complexity index is 651. The minimum atomic E-state index is 0.368. The summed E-state index contributed by atoms with van der Waals surface area (Å²) in [4.78, 5) is 4.55. The Morgan fingerprint density at radius 2 is 2.00 bits per heavy atom. The molecule has 0 saturated heterocycles. The fourth-order valence-corrected chi connectivity index (χ4v) is 1.90. The second-order valence-corrected chi connectivity index (χ2v) is 3.74. The van der Waals surface area contributed by atoms with Crippen LogP contribution in [0.4, 0.5) is 0 Å². The summed E-state index contributed by atoms with van der Waals surface area (Å²) < 4.78 is 1.86. The molecule has 76 valence electrons. The maximum atomic E-state index is 8.64. The van der Waals surface area contributed by atoms with Crippen LogP contribution in [0.1, 0.15) is 0 Å². The van der Waals surface area contributed by atoms with Crippen molar-refractivity contribution in [1.29, 1.82) is 5.26 Å². The first kappa shape index (κ1) is 8.93. The van der Waals surface area contributed by atoms with Crippen molar-refractivity contribution in [1.82, 2.24) is 9.55 Å². The monoisotopic (exact) mass is 207 g/mol. The largest absolute Gasteiger partial charge is 0.338 e. The third-order valence-corrected chi connectivity index (χ3v) is 2.63. The number of rotatable bonds is 1. The molecule has 2 heterocycles. The van der Waals surface area contributed by atoms with Crippen LogP contribution >= 0.6 is 0 Å². The van der Waals surface area contributed by atoms with E-state index in [4.69, 9.17) is 5.26 Å². The molecule has 0 aliphatic heterocycles. The number of pyridine rings is 1. The van der Waals surface area contributed by atoms with E-state index < -0.39 is 0 Å². The van der Waals surface area contributed by atoms with E-state index in [1.54, 1.807) is 0 Å². The molecule has 0 amide bonds. The van der Waals surface area contributed by atoms with Crippen molar-refractivity contribution >= 4 is 21.8 Å². The highest BCUT2D eigenvalue weighted by Gasteiger charge is 2.01. The molecule has 3 aromatic rings. The van der Waals surface area contributed by atoms with Crippen molar-refractivity contribution < 1.29 is 0 Å². The third-order valence-electron chi connectivity index (χ3n) is 2.63. The van der Waals surface area contributed by atoms with Gasteiger partial charge in [0, 0.05) is 23.2 Å². The van der Waals surface area contributed by atoms with E-state index in [9.17, 15) is 0 Å². The molecule has 0 aliphatic carbocycles. The summed E-state index contributed by atoms with van der Waals surface area (Å²) in [6.07, 6.45) is 3.86. The van der Waals surface area contributed by atoms with Crippen molar-refractivity contribution in [2.75, 3.05) is 0 Å². The van der Waals surface area contributed by atoms with Crippen LogP contribution in [0.3, 0.4) is 0 Å². The summed E-state index contributed by atoms with van der Waals surface area (Å²) >= 11 is 0. The van der Waals surface area contributed by atoms with Gasteiger partial charge in [-0.1, -0.05) is 18.2 Å². The predicted octanol–water partition coefficient (Wildman–Crippen LogP) is 2.71. The molecule has 2 aromatic heterocycles. The van der Waals surface area contributed by atoms with Gasteiger partial charge in [-0.3, -0.25) is 0 Å². The van der Waals surface area contributed by atoms with E-state index in [0.29, 0.717) is 6.54 Å². The van der Waals surface area contributed by atoms with Crippen molar-refractivity contribution in [2.45, 2.75) is 6.54 Å². The van der Waals surface area contributed by atoms with Gasteiger partial charge in [-0.05, 0) is 12.1 Å². The fourth-order valence-electron chi connectivity index (χ4n) is 1.90. The number of hydrogen-bond donors (Lipinski definition) is 0. The normalized spacial score (nSPS) is 10.7. The Morgan fingerprint density at radius 3 is 2.88 bits per heavy atom. The molecule has 16 heavy (non-hydrogen) atoms. The molecular weight excluding hydrogens is 198 g/mol. The van der Waals surface area contributed by atoms with Gasteiger partial charge in [-0.25, -0.2) is 4.98 Å². The quantitative estimate of drug-likeness (QED) is 0.615. The lowest BCUT2D eigenvalue weighted by Gasteiger charge is -1.95. The standard InChI is InChI=1S/C13H9N3/c14-5-6-16-8-11-7-10-3-1-2-4-12(10)15-13(11)9-16/h1-4,7-9H,6H2. The molecule has 0 fully saturated rings. The van der Waals surface area contributed by atoms with Crippen molar-refractivity contribution in [3.63, 3.8) is 0 Å². The third kappa shape index (κ3) is 1.32. The van der Waals surface area contributed by atoms with Crippen LogP contribution in [0.5, 0.6) is 0 Å². The van der Waals surface area contributed by atoms with Crippen molar-refractivity contribution in [2.24, 2.45) is 0 Å². The van der Waals surface area contributed by atoms with Crippen LogP contribution in [0.25, 0.3) is 21.8 Å². The maximum Gasteiger partial charge on any atom is 0.109 e. The number of aromatic nitrogens is 2. The maximum absolute atomic E-state index is 8.64. The van der Waals surface area contributed by atoms with Gasteiger partial charge in [-0.15, -0.1) is 0 Å². The smallest absolute Gasteiger partial charge is 0.109 e. The molecule has 3 nitrogen and oxygen atoms in total. The molecule has 0 radical (unpaired) electrons. The summed E-state index contributed by atoms with van der Waals surface area (Å²) in [6.45, 7) is 0.368. The first-order chi connectivity index (χ1) is 7.86. The van der Waals surface area contributed by atoms with Crippen molar-refractivity contribution in [3.05, 3.63) is 42.7 Å². The van der Waals surface area contributed by atoms with E-state index in [1.165, 1.54) is 0 Å². The van der Waals surface area contributed by atoms with Gasteiger partial charge >= 0.3 is 0 Å². The number of fused-ring (bicyclic) bond motifs is 2. The number of benzene rings is 1. The first-order valence-electron chi connectivity index (χ1n) is 5.09. The lowest BCUT2D eigenvalue weighted by molar-refractivity contribution is 0.844. The van der Waals surface area contributed by atoms with Gasteiger partial charge in [0.25, 0.3) is 0 Å². The Labute approximate surface area is 92.6 Å². The van der Waals surface area contributed by atoms with Gasteiger partial charge in [0.15, 0.2) is 0 Å². The Morgan fingerprint density at radius 1 is 1.12 bits per heavy atom. The van der Waals surface area contributed by atoms with E-state index in [2.05, 4.69) is 17.1 Å². The Hall–Kier alpha value is -2.34. The van der Waals surface area contributed by atoms with Crippen LogP contribution in [0, 0.1) is 11.3 Å². The molecule has 1 aromatic carbocycles. The van der Waals surface area contributed by atoms with E-state index in [1.807, 2.05) is 41.2 Å². The minimum Gasteiger partial charge on any atom is -0.338 e. The second kappa shape index (κ2) is 3.35. The Balaban J connectivity index is 2.30. The molecule has 3 rings (SSSR count). The number of hydrogen-bond acceptors (Lipinski definition) is 2. The van der Waals surface area contributed by atoms with Crippen molar-refractivity contribution in [3.8, 4) is 6.07 Å². The molecule has 0 aliphatic rings. The highest BCUT2D eigenvalue weighted by molar-refractivity contribution is 5.92. The lowest BCUT2D eigenvalue weighted by Crippen LogP contribution is -1.88. The van der Waals surface area contributed by atoms with E-state index in [-0.39, 0.29) is 0 Å².